The van der Waals surface area contributed by atoms with Crippen LogP contribution in [0.3, 0.4) is 0 Å². The Hall–Kier alpha value is -4.80. The highest BCUT2D eigenvalue weighted by Crippen LogP contribution is 2.51. The number of primary amides is 1. The standard InChI is InChI=1S/C35H38N6O5/c1-34(33(37)44)18-46-31-25(34)14-28(41-30(31)24-10-11-38-26-5-3-4-23(24)26)35(17-42,21-6-7-21)16-40-32(43)19-12-20(15-39-22-8-9-22)29(36)27(13-19)45-2/h10-15,17,21-22H,3-9,16,18,36H2,1-2H3,(H2,37,44)(H,40,43)/t34-,35+/m0/s1. The fourth-order valence-electron chi connectivity index (χ4n) is 6.73. The number of benzene rings is 1. The first-order valence-electron chi connectivity index (χ1n) is 15.9. The van der Waals surface area contributed by atoms with Crippen LogP contribution in [-0.2, 0) is 33.3 Å². The van der Waals surface area contributed by atoms with Gasteiger partial charge in [0.1, 0.15) is 35.5 Å². The summed E-state index contributed by atoms with van der Waals surface area (Å²) in [5.41, 5.74) is 16.0. The van der Waals surface area contributed by atoms with Crippen LogP contribution in [0, 0.1) is 5.92 Å². The van der Waals surface area contributed by atoms with Gasteiger partial charge in [-0.1, -0.05) is 0 Å². The molecule has 1 aliphatic heterocycles. The van der Waals surface area contributed by atoms with E-state index in [-0.39, 0.29) is 31.0 Å². The molecular weight excluding hydrogens is 584 g/mol. The summed E-state index contributed by atoms with van der Waals surface area (Å²) >= 11 is 0. The van der Waals surface area contributed by atoms with Gasteiger partial charge in [-0.25, -0.2) is 4.98 Å². The Morgan fingerprint density at radius 3 is 2.72 bits per heavy atom. The second kappa shape index (κ2) is 11.2. The minimum atomic E-state index is -1.15. The Balaban J connectivity index is 1.29. The van der Waals surface area contributed by atoms with E-state index in [4.69, 9.17) is 25.9 Å². The fourth-order valence-corrected chi connectivity index (χ4v) is 6.73. The number of hydrogen-bond donors (Lipinski definition) is 3. The van der Waals surface area contributed by atoms with Crippen molar-refractivity contribution in [2.75, 3.05) is 26.0 Å². The van der Waals surface area contributed by atoms with Crippen LogP contribution < -0.4 is 26.3 Å². The first-order chi connectivity index (χ1) is 22.2. The third-order valence-corrected chi connectivity index (χ3v) is 10.0. The molecule has 0 spiro atoms. The zero-order valence-electron chi connectivity index (χ0n) is 26.1. The number of fused-ring (bicyclic) bond motifs is 2. The number of methoxy groups -OCH3 is 1. The van der Waals surface area contributed by atoms with Gasteiger partial charge in [0.2, 0.25) is 5.91 Å². The van der Waals surface area contributed by atoms with Crippen LogP contribution >= 0.6 is 0 Å². The molecule has 2 saturated carbocycles. The number of rotatable bonds is 11. The zero-order chi connectivity index (χ0) is 32.2. The number of nitrogens with one attached hydrogen (secondary N) is 1. The van der Waals surface area contributed by atoms with Crippen molar-refractivity contribution in [2.24, 2.45) is 16.6 Å². The monoisotopic (exact) mass is 622 g/mol. The molecule has 2 amide bonds. The molecule has 2 aromatic heterocycles. The van der Waals surface area contributed by atoms with E-state index >= 15 is 0 Å². The molecule has 46 heavy (non-hydrogen) atoms. The number of anilines is 1. The summed E-state index contributed by atoms with van der Waals surface area (Å²) < 4.78 is 11.6. The number of carbonyl (C=O) groups is 3. The maximum Gasteiger partial charge on any atom is 0.251 e. The van der Waals surface area contributed by atoms with Crippen LogP contribution in [0.15, 0.2) is 35.5 Å². The Kier molecular flexibility index (Phi) is 7.29. The average Bonchev–Trinajstić information content (AvgIpc) is 4.00. The van der Waals surface area contributed by atoms with Crippen LogP contribution in [0.25, 0.3) is 11.3 Å². The van der Waals surface area contributed by atoms with Crippen LogP contribution in [0.1, 0.15) is 77.5 Å². The van der Waals surface area contributed by atoms with E-state index < -0.39 is 16.7 Å². The van der Waals surface area contributed by atoms with Gasteiger partial charge in [0.25, 0.3) is 5.91 Å². The molecule has 0 saturated heterocycles. The Morgan fingerprint density at radius 1 is 1.22 bits per heavy atom. The molecule has 0 unspecified atom stereocenters. The molecule has 0 bridgehead atoms. The highest BCUT2D eigenvalue weighted by Gasteiger charge is 2.51. The molecule has 5 N–H and O–H groups in total. The van der Waals surface area contributed by atoms with E-state index in [0.29, 0.717) is 45.3 Å². The predicted molar refractivity (Wildman–Crippen MR) is 172 cm³/mol. The van der Waals surface area contributed by atoms with Gasteiger partial charge in [-0.05, 0) is 87.6 Å². The van der Waals surface area contributed by atoms with Gasteiger partial charge in [-0.2, -0.15) is 0 Å². The third kappa shape index (κ3) is 4.98. The van der Waals surface area contributed by atoms with Gasteiger partial charge in [0.05, 0.1) is 29.9 Å². The first kappa shape index (κ1) is 29.9. The van der Waals surface area contributed by atoms with Gasteiger partial charge in [-0.15, -0.1) is 0 Å². The molecule has 7 rings (SSSR count). The number of pyridine rings is 2. The van der Waals surface area contributed by atoms with Gasteiger partial charge in [0.15, 0.2) is 0 Å². The molecule has 0 radical (unpaired) electrons. The van der Waals surface area contributed by atoms with Crippen LogP contribution in [0.5, 0.6) is 11.5 Å². The van der Waals surface area contributed by atoms with Crippen molar-refractivity contribution in [2.45, 2.75) is 68.7 Å². The summed E-state index contributed by atoms with van der Waals surface area (Å²) in [4.78, 5) is 54.0. The quantitative estimate of drug-likeness (QED) is 0.166. The van der Waals surface area contributed by atoms with E-state index in [9.17, 15) is 14.4 Å². The summed E-state index contributed by atoms with van der Waals surface area (Å²) in [6, 6.07) is 7.26. The molecular formula is C35H38N6O5. The number of amides is 2. The number of aromatic nitrogens is 2. The summed E-state index contributed by atoms with van der Waals surface area (Å²) in [5.74, 6) is -0.0845. The lowest BCUT2D eigenvalue weighted by Gasteiger charge is -2.30. The van der Waals surface area contributed by atoms with E-state index in [1.165, 1.54) is 7.11 Å². The van der Waals surface area contributed by atoms with Crippen molar-refractivity contribution in [1.82, 2.24) is 15.3 Å². The predicted octanol–water partition coefficient (Wildman–Crippen LogP) is 3.22. The van der Waals surface area contributed by atoms with Crippen molar-refractivity contribution in [3.8, 4) is 22.8 Å². The first-order valence-corrected chi connectivity index (χ1v) is 15.9. The van der Waals surface area contributed by atoms with E-state index in [1.807, 2.05) is 6.07 Å². The van der Waals surface area contributed by atoms with Crippen molar-refractivity contribution in [3.63, 3.8) is 0 Å². The maximum atomic E-state index is 13.7. The number of ether oxygens (including phenoxy) is 2. The van der Waals surface area contributed by atoms with E-state index in [0.717, 1.165) is 68.1 Å². The second-order valence-corrected chi connectivity index (χ2v) is 13.2. The van der Waals surface area contributed by atoms with Gasteiger partial charge in [0, 0.05) is 46.9 Å². The Labute approximate surface area is 267 Å². The Bertz CT molecular complexity index is 1800. The number of hydrogen-bond acceptors (Lipinski definition) is 9. The number of aryl methyl sites for hydroxylation is 1. The number of nitrogen functional groups attached to an aromatic ring is 1. The SMILES string of the molecule is COc1cc(C(=O)NC[C@](C=O)(c2cc3c(c(-c4ccnc5c4CCC5)n2)OC[C@]3(C)C(N)=O)C2CC2)cc(C=NC2CC2)c1N. The molecule has 4 aliphatic rings. The normalized spacial score (nSPS) is 21.3. The molecule has 3 aliphatic carbocycles. The minimum absolute atomic E-state index is 0.00596. The fraction of sp³-hybridized carbons (Fsp3) is 0.429. The topological polar surface area (TPSA) is 172 Å². The second-order valence-electron chi connectivity index (χ2n) is 13.2. The van der Waals surface area contributed by atoms with Crippen LogP contribution in [0.2, 0.25) is 0 Å². The van der Waals surface area contributed by atoms with E-state index in [2.05, 4.69) is 15.3 Å². The highest BCUT2D eigenvalue weighted by molar-refractivity contribution is 6.00. The molecule has 3 heterocycles. The summed E-state index contributed by atoms with van der Waals surface area (Å²) in [6.45, 7) is 1.83. The van der Waals surface area contributed by atoms with E-state index in [1.54, 1.807) is 37.5 Å². The zero-order valence-corrected chi connectivity index (χ0v) is 26.1. The minimum Gasteiger partial charge on any atom is -0.495 e. The summed E-state index contributed by atoms with van der Waals surface area (Å²) in [7, 11) is 1.50. The maximum absolute atomic E-state index is 13.7. The molecule has 238 valence electrons. The van der Waals surface area contributed by atoms with Gasteiger partial charge in [-0.3, -0.25) is 19.6 Å². The lowest BCUT2D eigenvalue weighted by Crippen LogP contribution is -2.45. The lowest BCUT2D eigenvalue weighted by molar-refractivity contribution is -0.123. The molecule has 2 fully saturated rings. The van der Waals surface area contributed by atoms with Crippen molar-refractivity contribution in [3.05, 3.63) is 64.1 Å². The number of aliphatic imine (C=N–C) groups is 1. The van der Waals surface area contributed by atoms with Crippen LogP contribution in [-0.4, -0.2) is 60.6 Å². The van der Waals surface area contributed by atoms with Gasteiger partial charge >= 0.3 is 0 Å². The molecule has 3 aromatic rings. The number of carbonyl (C=O) groups excluding carboxylic acids is 3. The highest BCUT2D eigenvalue weighted by atomic mass is 16.5. The smallest absolute Gasteiger partial charge is 0.251 e. The van der Waals surface area contributed by atoms with Crippen molar-refractivity contribution < 1.29 is 23.9 Å². The van der Waals surface area contributed by atoms with Crippen LogP contribution in [0.4, 0.5) is 5.69 Å². The lowest BCUT2D eigenvalue weighted by atomic mass is 9.76. The Morgan fingerprint density at radius 2 is 2.02 bits per heavy atom. The largest absolute Gasteiger partial charge is 0.495 e. The molecule has 11 nitrogen and oxygen atoms in total. The van der Waals surface area contributed by atoms with Gasteiger partial charge < -0.3 is 31.1 Å². The number of nitrogens with two attached hydrogens (primary N) is 2. The average molecular weight is 623 g/mol. The van der Waals surface area contributed by atoms with Crippen molar-refractivity contribution in [1.29, 1.82) is 0 Å². The third-order valence-electron chi connectivity index (χ3n) is 10.0. The molecule has 1 aromatic carbocycles. The number of aldehydes is 1. The summed E-state index contributed by atoms with van der Waals surface area (Å²) in [6.07, 6.45) is 10.7. The molecule has 2 atom stereocenters. The number of nitrogens with zero attached hydrogens (tertiary/aromatic N) is 3. The summed E-state index contributed by atoms with van der Waals surface area (Å²) in [5, 5.41) is 3.01. The van der Waals surface area contributed by atoms with Crippen molar-refractivity contribution >= 4 is 30.0 Å². The molecule has 11 heteroatoms.